The van der Waals surface area contributed by atoms with Gasteiger partial charge in [0.1, 0.15) is 0 Å². The van der Waals surface area contributed by atoms with Crippen molar-refractivity contribution in [2.24, 2.45) is 0 Å². The van der Waals surface area contributed by atoms with Crippen LogP contribution in [0.15, 0.2) is 53.4 Å². The van der Waals surface area contributed by atoms with E-state index >= 15 is 0 Å². The maximum absolute atomic E-state index is 13.2. The maximum Gasteiger partial charge on any atom is 0.338 e. The second-order valence-corrected chi connectivity index (χ2v) is 8.31. The van der Waals surface area contributed by atoms with E-state index in [1.54, 1.807) is 12.1 Å². The summed E-state index contributed by atoms with van der Waals surface area (Å²) in [5, 5.41) is 0. The number of nitrogens with zero attached hydrogens (tertiary/aromatic N) is 1. The van der Waals surface area contributed by atoms with Crippen molar-refractivity contribution in [3.63, 3.8) is 0 Å². The van der Waals surface area contributed by atoms with Gasteiger partial charge in [-0.3, -0.25) is 4.31 Å². The van der Waals surface area contributed by atoms with Crippen LogP contribution in [0.2, 0.25) is 0 Å². The standard InChI is InChI=1S/C20H23NO4S/c1-3-4-12-25-20(22)17-9-7-10-18(14-17)26(23,24)21-15(2)13-16-8-5-6-11-19(16)21/h5-11,14-15H,3-4,12-13H2,1-2H3. The van der Waals surface area contributed by atoms with Gasteiger partial charge in [0.15, 0.2) is 0 Å². The number of unbranched alkanes of at least 4 members (excludes halogenated alkanes) is 1. The number of fused-ring (bicyclic) bond motifs is 1. The molecule has 0 fully saturated rings. The molecule has 0 aliphatic carbocycles. The molecule has 0 bridgehead atoms. The predicted octanol–water partition coefficient (Wildman–Crippen LogP) is 3.78. The molecule has 3 rings (SSSR count). The maximum atomic E-state index is 13.2. The van der Waals surface area contributed by atoms with Gasteiger partial charge in [-0.15, -0.1) is 0 Å². The van der Waals surface area contributed by atoms with Crippen molar-refractivity contribution in [3.05, 3.63) is 59.7 Å². The Labute approximate surface area is 154 Å². The molecule has 26 heavy (non-hydrogen) atoms. The number of anilines is 1. The zero-order valence-corrected chi connectivity index (χ0v) is 15.8. The van der Waals surface area contributed by atoms with Crippen LogP contribution in [0.4, 0.5) is 5.69 Å². The molecule has 0 aromatic heterocycles. The fourth-order valence-electron chi connectivity index (χ4n) is 3.19. The molecule has 2 aromatic carbocycles. The topological polar surface area (TPSA) is 63.7 Å². The fraction of sp³-hybridized carbons (Fsp3) is 0.350. The Kier molecular flexibility index (Phi) is 5.32. The van der Waals surface area contributed by atoms with Crippen molar-refractivity contribution >= 4 is 21.7 Å². The van der Waals surface area contributed by atoms with Crippen LogP contribution in [0.5, 0.6) is 0 Å². The first-order valence-corrected chi connectivity index (χ1v) is 10.3. The van der Waals surface area contributed by atoms with E-state index < -0.39 is 16.0 Å². The highest BCUT2D eigenvalue weighted by molar-refractivity contribution is 7.92. The highest BCUT2D eigenvalue weighted by Gasteiger charge is 2.36. The highest BCUT2D eigenvalue weighted by atomic mass is 32.2. The first-order chi connectivity index (χ1) is 12.4. The third-order valence-electron chi connectivity index (χ3n) is 4.50. The van der Waals surface area contributed by atoms with E-state index in [4.69, 9.17) is 4.74 Å². The number of sulfonamides is 1. The summed E-state index contributed by atoms with van der Waals surface area (Å²) >= 11 is 0. The normalized spacial score (nSPS) is 16.4. The second-order valence-electron chi connectivity index (χ2n) is 6.50. The van der Waals surface area contributed by atoms with E-state index in [0.29, 0.717) is 18.7 Å². The SMILES string of the molecule is CCCCOC(=O)c1cccc(S(=O)(=O)N2c3ccccc3CC2C)c1. The molecule has 1 aliphatic rings. The minimum Gasteiger partial charge on any atom is -0.462 e. The largest absolute Gasteiger partial charge is 0.462 e. The lowest BCUT2D eigenvalue weighted by Crippen LogP contribution is -2.35. The van der Waals surface area contributed by atoms with Crippen LogP contribution in [-0.4, -0.2) is 27.0 Å². The van der Waals surface area contributed by atoms with E-state index in [1.807, 2.05) is 38.1 Å². The van der Waals surface area contributed by atoms with E-state index in [9.17, 15) is 13.2 Å². The Bertz CT molecular complexity index is 908. The number of carbonyl (C=O) groups is 1. The van der Waals surface area contributed by atoms with Crippen molar-refractivity contribution in [3.8, 4) is 0 Å². The summed E-state index contributed by atoms with van der Waals surface area (Å²) in [5.74, 6) is -0.495. The van der Waals surface area contributed by atoms with Gasteiger partial charge in [0.2, 0.25) is 0 Å². The quantitative estimate of drug-likeness (QED) is 0.571. The van der Waals surface area contributed by atoms with Gasteiger partial charge < -0.3 is 4.74 Å². The van der Waals surface area contributed by atoms with Crippen molar-refractivity contribution in [1.29, 1.82) is 0 Å². The Balaban J connectivity index is 1.91. The summed E-state index contributed by atoms with van der Waals surface area (Å²) in [6.45, 7) is 4.24. The van der Waals surface area contributed by atoms with Gasteiger partial charge in [-0.25, -0.2) is 13.2 Å². The van der Waals surface area contributed by atoms with E-state index in [1.165, 1.54) is 16.4 Å². The zero-order chi connectivity index (χ0) is 18.7. The average molecular weight is 373 g/mol. The van der Waals surface area contributed by atoms with Gasteiger partial charge in [-0.2, -0.15) is 0 Å². The van der Waals surface area contributed by atoms with Gasteiger partial charge in [0, 0.05) is 6.04 Å². The number of ether oxygens (including phenoxy) is 1. The number of carbonyl (C=O) groups excluding carboxylic acids is 1. The summed E-state index contributed by atoms with van der Waals surface area (Å²) in [6, 6.07) is 13.4. The molecule has 0 saturated carbocycles. The number of esters is 1. The minimum absolute atomic E-state index is 0.103. The predicted molar refractivity (Wildman–Crippen MR) is 101 cm³/mol. The molecule has 1 aliphatic heterocycles. The third kappa shape index (κ3) is 3.46. The Morgan fingerprint density at radius 2 is 1.96 bits per heavy atom. The molecular weight excluding hydrogens is 350 g/mol. The van der Waals surface area contributed by atoms with E-state index in [0.717, 1.165) is 18.4 Å². The summed E-state index contributed by atoms with van der Waals surface area (Å²) in [4.78, 5) is 12.3. The number of benzene rings is 2. The van der Waals surface area contributed by atoms with Crippen LogP contribution in [0.25, 0.3) is 0 Å². The van der Waals surface area contributed by atoms with Gasteiger partial charge in [0.25, 0.3) is 10.0 Å². The smallest absolute Gasteiger partial charge is 0.338 e. The van der Waals surface area contributed by atoms with Gasteiger partial charge >= 0.3 is 5.97 Å². The first-order valence-electron chi connectivity index (χ1n) is 8.84. The van der Waals surface area contributed by atoms with Crippen LogP contribution in [0.3, 0.4) is 0 Å². The Morgan fingerprint density at radius 1 is 1.19 bits per heavy atom. The van der Waals surface area contributed by atoms with Crippen molar-refractivity contribution < 1.29 is 17.9 Å². The minimum atomic E-state index is -3.76. The summed E-state index contributed by atoms with van der Waals surface area (Å²) in [5.41, 5.74) is 1.97. The molecule has 0 saturated heterocycles. The fourth-order valence-corrected chi connectivity index (χ4v) is 4.93. The van der Waals surface area contributed by atoms with Crippen molar-refractivity contribution in [2.75, 3.05) is 10.9 Å². The van der Waals surface area contributed by atoms with Crippen LogP contribution in [0.1, 0.15) is 42.6 Å². The number of rotatable bonds is 6. The summed E-state index contributed by atoms with van der Waals surface area (Å²) in [7, 11) is -3.76. The van der Waals surface area contributed by atoms with E-state index in [-0.39, 0.29) is 16.5 Å². The number of para-hydroxylation sites is 1. The van der Waals surface area contributed by atoms with Gasteiger partial charge in [-0.1, -0.05) is 37.6 Å². The Morgan fingerprint density at radius 3 is 2.73 bits per heavy atom. The van der Waals surface area contributed by atoms with Gasteiger partial charge in [0.05, 0.1) is 22.8 Å². The molecule has 0 radical (unpaired) electrons. The molecule has 138 valence electrons. The van der Waals surface area contributed by atoms with Crippen LogP contribution < -0.4 is 4.31 Å². The molecule has 5 nitrogen and oxygen atoms in total. The molecule has 1 heterocycles. The molecule has 0 spiro atoms. The molecule has 0 N–H and O–H groups in total. The molecule has 6 heteroatoms. The Hall–Kier alpha value is -2.34. The lowest BCUT2D eigenvalue weighted by molar-refractivity contribution is 0.0499. The average Bonchev–Trinajstić information content (AvgIpc) is 2.98. The van der Waals surface area contributed by atoms with Crippen molar-refractivity contribution in [1.82, 2.24) is 0 Å². The van der Waals surface area contributed by atoms with E-state index in [2.05, 4.69) is 0 Å². The lowest BCUT2D eigenvalue weighted by Gasteiger charge is -2.24. The molecule has 1 atom stereocenters. The molecule has 2 aromatic rings. The number of hydrogen-bond donors (Lipinski definition) is 0. The monoisotopic (exact) mass is 373 g/mol. The first kappa shape index (κ1) is 18.5. The van der Waals surface area contributed by atoms with Gasteiger partial charge in [-0.05, 0) is 49.6 Å². The lowest BCUT2D eigenvalue weighted by atomic mass is 10.1. The third-order valence-corrected chi connectivity index (χ3v) is 6.43. The second kappa shape index (κ2) is 7.50. The van der Waals surface area contributed by atoms with Crippen LogP contribution in [-0.2, 0) is 21.2 Å². The highest BCUT2D eigenvalue weighted by Crippen LogP contribution is 2.36. The number of hydrogen-bond acceptors (Lipinski definition) is 4. The molecule has 0 amide bonds. The summed E-state index contributed by atoms with van der Waals surface area (Å²) in [6.07, 6.45) is 2.38. The van der Waals surface area contributed by atoms with Crippen LogP contribution in [0, 0.1) is 0 Å². The molecular formula is C20H23NO4S. The van der Waals surface area contributed by atoms with Crippen LogP contribution >= 0.6 is 0 Å². The summed E-state index contributed by atoms with van der Waals surface area (Å²) < 4.78 is 33.1. The molecule has 1 unspecified atom stereocenters. The van der Waals surface area contributed by atoms with Crippen molar-refractivity contribution in [2.45, 2.75) is 44.0 Å². The zero-order valence-electron chi connectivity index (χ0n) is 15.0.